The molecule has 0 saturated heterocycles. The Morgan fingerprint density at radius 3 is 2.22 bits per heavy atom. The summed E-state index contributed by atoms with van der Waals surface area (Å²) in [4.78, 5) is 0. The molecule has 0 bridgehead atoms. The molecule has 0 aromatic heterocycles. The third-order valence-corrected chi connectivity index (χ3v) is 3.71. The average molecular weight is 261 g/mol. The fourth-order valence-electron chi connectivity index (χ4n) is 2.18. The smallest absolute Gasteiger partial charge is 0.0701 e. The van der Waals surface area contributed by atoms with Crippen molar-refractivity contribution in [1.29, 1.82) is 0 Å². The first-order valence-corrected chi connectivity index (χ1v) is 6.74. The van der Waals surface area contributed by atoms with Crippen molar-refractivity contribution in [2.75, 3.05) is 53.3 Å². The van der Waals surface area contributed by atoms with Crippen molar-refractivity contribution < 1.29 is 19.3 Å². The number of rotatable bonds is 12. The second-order valence-corrected chi connectivity index (χ2v) is 4.97. The van der Waals surface area contributed by atoms with Gasteiger partial charge in [0.15, 0.2) is 0 Å². The molecule has 0 aromatic rings. The van der Waals surface area contributed by atoms with Crippen LogP contribution in [0.5, 0.6) is 0 Å². The van der Waals surface area contributed by atoms with Crippen LogP contribution in [-0.4, -0.2) is 58.4 Å². The lowest BCUT2D eigenvalue weighted by atomic mass is 9.80. The summed E-state index contributed by atoms with van der Waals surface area (Å²) in [5, 5.41) is 9.51. The molecule has 1 rings (SSSR count). The van der Waals surface area contributed by atoms with E-state index in [-0.39, 0.29) is 12.0 Å². The van der Waals surface area contributed by atoms with Crippen molar-refractivity contribution in [1.82, 2.24) is 0 Å². The highest BCUT2D eigenvalue weighted by atomic mass is 16.5. The second kappa shape index (κ2) is 8.82. The maximum atomic E-state index is 9.51. The van der Waals surface area contributed by atoms with Crippen LogP contribution < -0.4 is 5.73 Å². The van der Waals surface area contributed by atoms with E-state index in [4.69, 9.17) is 19.9 Å². The highest BCUT2D eigenvalue weighted by Gasteiger charge is 2.43. The van der Waals surface area contributed by atoms with Crippen molar-refractivity contribution in [2.24, 2.45) is 17.1 Å². The lowest BCUT2D eigenvalue weighted by molar-refractivity contribution is 0.00666. The molecule has 1 saturated carbocycles. The molecule has 1 aliphatic carbocycles. The third kappa shape index (κ3) is 5.20. The minimum atomic E-state index is -0.114. The van der Waals surface area contributed by atoms with Crippen LogP contribution in [0.2, 0.25) is 0 Å². The van der Waals surface area contributed by atoms with E-state index in [1.54, 1.807) is 7.11 Å². The first-order chi connectivity index (χ1) is 8.79. The number of methoxy groups -OCH3 is 1. The lowest BCUT2D eigenvalue weighted by Crippen LogP contribution is -2.37. The van der Waals surface area contributed by atoms with E-state index in [0.29, 0.717) is 45.5 Å². The summed E-state index contributed by atoms with van der Waals surface area (Å²) in [6.45, 7) is 3.74. The average Bonchev–Trinajstić information content (AvgIpc) is 3.23. The predicted molar refractivity (Wildman–Crippen MR) is 69.4 cm³/mol. The Morgan fingerprint density at radius 1 is 1.11 bits per heavy atom. The van der Waals surface area contributed by atoms with Gasteiger partial charge in [-0.3, -0.25) is 0 Å². The van der Waals surface area contributed by atoms with Crippen LogP contribution in [0.15, 0.2) is 0 Å². The van der Waals surface area contributed by atoms with E-state index in [9.17, 15) is 5.11 Å². The van der Waals surface area contributed by atoms with Crippen LogP contribution in [0.1, 0.15) is 19.3 Å². The SMILES string of the molecule is COCCOCCOCCC(CN)(CO)C1CC1. The van der Waals surface area contributed by atoms with Crippen molar-refractivity contribution in [3.63, 3.8) is 0 Å². The molecule has 0 radical (unpaired) electrons. The monoisotopic (exact) mass is 261 g/mol. The van der Waals surface area contributed by atoms with Gasteiger partial charge in [0, 0.05) is 25.7 Å². The van der Waals surface area contributed by atoms with Gasteiger partial charge in [0.2, 0.25) is 0 Å². The van der Waals surface area contributed by atoms with Gasteiger partial charge in [-0.15, -0.1) is 0 Å². The molecule has 3 N–H and O–H groups in total. The zero-order valence-electron chi connectivity index (χ0n) is 11.4. The second-order valence-electron chi connectivity index (χ2n) is 4.97. The molecule has 1 atom stereocenters. The van der Waals surface area contributed by atoms with Crippen LogP contribution in [0.25, 0.3) is 0 Å². The summed E-state index contributed by atoms with van der Waals surface area (Å²) in [6.07, 6.45) is 3.22. The molecule has 0 amide bonds. The van der Waals surface area contributed by atoms with Gasteiger partial charge < -0.3 is 25.1 Å². The van der Waals surface area contributed by atoms with Gasteiger partial charge in [0.05, 0.1) is 33.0 Å². The summed E-state index contributed by atoms with van der Waals surface area (Å²) < 4.78 is 15.7. The summed E-state index contributed by atoms with van der Waals surface area (Å²) in [6, 6.07) is 0. The zero-order valence-corrected chi connectivity index (χ0v) is 11.4. The molecule has 1 unspecified atom stereocenters. The van der Waals surface area contributed by atoms with Crippen LogP contribution in [0.4, 0.5) is 0 Å². The summed E-state index contributed by atoms with van der Waals surface area (Å²) in [5.74, 6) is 0.592. The molecule has 1 fully saturated rings. The number of ether oxygens (including phenoxy) is 3. The van der Waals surface area contributed by atoms with E-state index in [1.807, 2.05) is 0 Å². The Labute approximate surface area is 110 Å². The molecule has 5 nitrogen and oxygen atoms in total. The Kier molecular flexibility index (Phi) is 7.77. The molecular formula is C13H27NO4. The Morgan fingerprint density at radius 2 is 1.72 bits per heavy atom. The maximum Gasteiger partial charge on any atom is 0.0701 e. The predicted octanol–water partition coefficient (Wildman–Crippen LogP) is 0.404. The van der Waals surface area contributed by atoms with E-state index < -0.39 is 0 Å². The van der Waals surface area contributed by atoms with Gasteiger partial charge in [-0.25, -0.2) is 0 Å². The Hall–Kier alpha value is -0.200. The van der Waals surface area contributed by atoms with E-state index in [1.165, 1.54) is 12.8 Å². The number of aliphatic hydroxyl groups is 1. The van der Waals surface area contributed by atoms with Crippen molar-refractivity contribution in [3.8, 4) is 0 Å². The third-order valence-electron chi connectivity index (χ3n) is 3.71. The summed E-state index contributed by atoms with van der Waals surface area (Å²) in [7, 11) is 1.65. The maximum absolute atomic E-state index is 9.51. The fraction of sp³-hybridized carbons (Fsp3) is 1.00. The number of hydrogen-bond donors (Lipinski definition) is 2. The summed E-state index contributed by atoms with van der Waals surface area (Å²) >= 11 is 0. The van der Waals surface area contributed by atoms with Gasteiger partial charge in [-0.1, -0.05) is 0 Å². The minimum Gasteiger partial charge on any atom is -0.396 e. The topological polar surface area (TPSA) is 73.9 Å². The standard InChI is InChI=1S/C13H27NO4/c1-16-6-7-18-9-8-17-5-4-13(10-14,11-15)12-2-3-12/h12,15H,2-11,14H2,1H3. The molecular weight excluding hydrogens is 234 g/mol. The van der Waals surface area contributed by atoms with Gasteiger partial charge >= 0.3 is 0 Å². The first-order valence-electron chi connectivity index (χ1n) is 6.74. The number of hydrogen-bond acceptors (Lipinski definition) is 5. The van der Waals surface area contributed by atoms with Crippen molar-refractivity contribution in [3.05, 3.63) is 0 Å². The molecule has 108 valence electrons. The number of nitrogens with two attached hydrogens (primary N) is 1. The van der Waals surface area contributed by atoms with Crippen molar-refractivity contribution in [2.45, 2.75) is 19.3 Å². The van der Waals surface area contributed by atoms with E-state index in [0.717, 1.165) is 6.42 Å². The van der Waals surface area contributed by atoms with Crippen LogP contribution in [0, 0.1) is 11.3 Å². The number of aliphatic hydroxyl groups excluding tert-OH is 1. The van der Waals surface area contributed by atoms with Crippen LogP contribution in [-0.2, 0) is 14.2 Å². The van der Waals surface area contributed by atoms with E-state index >= 15 is 0 Å². The van der Waals surface area contributed by atoms with Gasteiger partial charge in [0.1, 0.15) is 0 Å². The Bertz CT molecular complexity index is 205. The minimum absolute atomic E-state index is 0.114. The summed E-state index contributed by atoms with van der Waals surface area (Å²) in [5.41, 5.74) is 5.69. The van der Waals surface area contributed by atoms with Gasteiger partial charge in [0.25, 0.3) is 0 Å². The molecule has 0 heterocycles. The Balaban J connectivity index is 2.01. The molecule has 5 heteroatoms. The molecule has 0 aromatic carbocycles. The van der Waals surface area contributed by atoms with E-state index in [2.05, 4.69) is 0 Å². The van der Waals surface area contributed by atoms with Crippen LogP contribution in [0.3, 0.4) is 0 Å². The molecule has 18 heavy (non-hydrogen) atoms. The van der Waals surface area contributed by atoms with Gasteiger partial charge in [-0.05, 0) is 25.2 Å². The van der Waals surface area contributed by atoms with Crippen molar-refractivity contribution >= 4 is 0 Å². The van der Waals surface area contributed by atoms with Gasteiger partial charge in [-0.2, -0.15) is 0 Å². The quantitative estimate of drug-likeness (QED) is 0.498. The fourth-order valence-corrected chi connectivity index (χ4v) is 2.18. The lowest BCUT2D eigenvalue weighted by Gasteiger charge is -2.30. The first kappa shape index (κ1) is 15.9. The molecule has 1 aliphatic rings. The highest BCUT2D eigenvalue weighted by molar-refractivity contribution is 4.94. The largest absolute Gasteiger partial charge is 0.396 e. The molecule has 0 spiro atoms. The highest BCUT2D eigenvalue weighted by Crippen LogP contribution is 2.46. The molecule has 0 aliphatic heterocycles. The normalized spacial score (nSPS) is 18.8. The van der Waals surface area contributed by atoms with Crippen LogP contribution >= 0.6 is 0 Å². The zero-order chi connectivity index (χ0) is 13.3.